The molecule has 0 spiro atoms. The molecule has 2 saturated heterocycles. The van der Waals surface area contributed by atoms with E-state index >= 15 is 0 Å². The maximum Gasteiger partial charge on any atom is 0.416 e. The van der Waals surface area contributed by atoms with Gasteiger partial charge in [-0.15, -0.1) is 23.1 Å². The Morgan fingerprint density at radius 3 is 2.55 bits per heavy atom. The van der Waals surface area contributed by atoms with Gasteiger partial charge in [0.15, 0.2) is 0 Å². The van der Waals surface area contributed by atoms with Crippen molar-refractivity contribution >= 4 is 34.9 Å². The van der Waals surface area contributed by atoms with E-state index in [0.29, 0.717) is 25.2 Å². The maximum atomic E-state index is 13.2. The van der Waals surface area contributed by atoms with Crippen LogP contribution in [0.2, 0.25) is 0 Å². The number of carbonyl (C=O) groups is 2. The Balaban J connectivity index is 1.43. The van der Waals surface area contributed by atoms with Gasteiger partial charge in [0.2, 0.25) is 5.91 Å². The van der Waals surface area contributed by atoms with E-state index in [1.54, 1.807) is 17.9 Å². The molecule has 31 heavy (non-hydrogen) atoms. The van der Waals surface area contributed by atoms with Crippen molar-refractivity contribution in [3.63, 3.8) is 0 Å². The summed E-state index contributed by atoms with van der Waals surface area (Å²) in [6.07, 6.45) is -2.87. The van der Waals surface area contributed by atoms with Gasteiger partial charge < -0.3 is 9.80 Å². The van der Waals surface area contributed by atoms with Crippen LogP contribution in [0.4, 0.5) is 13.2 Å². The first kappa shape index (κ1) is 22.2. The van der Waals surface area contributed by atoms with Gasteiger partial charge in [0.1, 0.15) is 5.37 Å². The Labute approximate surface area is 187 Å². The predicted molar refractivity (Wildman–Crippen MR) is 116 cm³/mol. The number of thioether (sulfide) groups is 1. The van der Waals surface area contributed by atoms with Crippen molar-refractivity contribution in [2.75, 3.05) is 19.6 Å². The van der Waals surface area contributed by atoms with Crippen LogP contribution in [0.5, 0.6) is 0 Å². The zero-order valence-corrected chi connectivity index (χ0v) is 18.6. The van der Waals surface area contributed by atoms with E-state index in [0.717, 1.165) is 29.9 Å². The highest BCUT2D eigenvalue weighted by molar-refractivity contribution is 8.01. The second-order valence-electron chi connectivity index (χ2n) is 7.96. The van der Waals surface area contributed by atoms with Crippen LogP contribution in [-0.4, -0.2) is 46.5 Å². The van der Waals surface area contributed by atoms with Crippen LogP contribution in [0.25, 0.3) is 0 Å². The summed E-state index contributed by atoms with van der Waals surface area (Å²) in [7, 11) is 0. The van der Waals surface area contributed by atoms with Crippen molar-refractivity contribution in [1.82, 2.24) is 9.80 Å². The molecule has 0 bridgehead atoms. The second kappa shape index (κ2) is 8.86. The minimum atomic E-state index is -4.42. The van der Waals surface area contributed by atoms with Crippen molar-refractivity contribution in [1.29, 1.82) is 0 Å². The number of rotatable bonds is 4. The number of benzene rings is 1. The summed E-state index contributed by atoms with van der Waals surface area (Å²) < 4.78 is 39.5. The van der Waals surface area contributed by atoms with E-state index in [2.05, 4.69) is 0 Å². The fraction of sp³-hybridized carbons (Fsp3) is 0.455. The normalized spacial score (nSPS) is 22.9. The lowest BCUT2D eigenvalue weighted by molar-refractivity contribution is -0.137. The molecule has 1 aromatic carbocycles. The van der Waals surface area contributed by atoms with Crippen molar-refractivity contribution in [3.8, 4) is 0 Å². The maximum absolute atomic E-state index is 13.2. The lowest BCUT2D eigenvalue weighted by Gasteiger charge is -2.35. The minimum absolute atomic E-state index is 0.0375. The Morgan fingerprint density at radius 2 is 1.90 bits per heavy atom. The van der Waals surface area contributed by atoms with Crippen LogP contribution in [-0.2, 0) is 11.0 Å². The van der Waals surface area contributed by atoms with Gasteiger partial charge in [-0.1, -0.05) is 18.2 Å². The quantitative estimate of drug-likeness (QED) is 0.613. The van der Waals surface area contributed by atoms with Gasteiger partial charge in [-0.05, 0) is 54.8 Å². The molecule has 0 N–H and O–H groups in total. The Morgan fingerprint density at radius 1 is 1.16 bits per heavy atom. The smallest absolute Gasteiger partial charge is 0.338 e. The third kappa shape index (κ3) is 4.77. The van der Waals surface area contributed by atoms with Crippen molar-refractivity contribution in [2.24, 2.45) is 5.92 Å². The summed E-state index contributed by atoms with van der Waals surface area (Å²) in [4.78, 5) is 29.6. The number of likely N-dealkylation sites (tertiary alicyclic amines) is 1. The van der Waals surface area contributed by atoms with Gasteiger partial charge >= 0.3 is 6.18 Å². The Kier molecular flexibility index (Phi) is 6.35. The third-order valence-electron chi connectivity index (χ3n) is 5.83. The lowest BCUT2D eigenvalue weighted by atomic mass is 9.95. The topological polar surface area (TPSA) is 40.6 Å². The van der Waals surface area contributed by atoms with Crippen molar-refractivity contribution in [3.05, 3.63) is 57.8 Å². The van der Waals surface area contributed by atoms with Crippen LogP contribution in [0.15, 0.2) is 41.8 Å². The standard InChI is InChI=1S/C22H23F3N2O2S2/c1-14-19(28)27(21(31-14)16-4-2-5-17(12-16)22(23,24)25)13-15-7-9-26(10-8-15)20(29)18-6-3-11-30-18/h2-6,11-12,14-15,21H,7-10,13H2,1H3. The monoisotopic (exact) mass is 468 g/mol. The molecule has 9 heteroatoms. The average Bonchev–Trinajstić information content (AvgIpc) is 3.38. The van der Waals surface area contributed by atoms with E-state index in [-0.39, 0.29) is 23.0 Å². The number of amides is 2. The molecule has 1 aromatic heterocycles. The summed E-state index contributed by atoms with van der Waals surface area (Å²) >= 11 is 2.82. The number of halogens is 3. The fourth-order valence-electron chi connectivity index (χ4n) is 4.14. The predicted octanol–water partition coefficient (Wildman–Crippen LogP) is 5.28. The zero-order valence-electron chi connectivity index (χ0n) is 17.0. The first-order valence-corrected chi connectivity index (χ1v) is 12.0. The number of piperidine rings is 1. The lowest BCUT2D eigenvalue weighted by Crippen LogP contribution is -2.42. The molecule has 2 aliphatic heterocycles. The molecule has 4 nitrogen and oxygen atoms in total. The van der Waals surface area contributed by atoms with E-state index in [9.17, 15) is 22.8 Å². The van der Waals surface area contributed by atoms with E-state index in [1.165, 1.54) is 29.2 Å². The van der Waals surface area contributed by atoms with E-state index in [1.807, 2.05) is 22.4 Å². The highest BCUT2D eigenvalue weighted by Gasteiger charge is 2.41. The molecule has 0 aliphatic carbocycles. The van der Waals surface area contributed by atoms with Crippen LogP contribution < -0.4 is 0 Å². The second-order valence-corrected chi connectivity index (χ2v) is 10.3. The number of carbonyl (C=O) groups excluding carboxylic acids is 2. The summed E-state index contributed by atoms with van der Waals surface area (Å²) in [5.74, 6) is 0.219. The van der Waals surface area contributed by atoms with Gasteiger partial charge in [0.05, 0.1) is 15.7 Å². The fourth-order valence-corrected chi connectivity index (χ4v) is 6.11. The van der Waals surface area contributed by atoms with Gasteiger partial charge in [-0.25, -0.2) is 0 Å². The molecule has 0 saturated carbocycles. The summed E-state index contributed by atoms with van der Waals surface area (Å²) in [5, 5.41) is 1.17. The molecule has 2 aliphatic rings. The largest absolute Gasteiger partial charge is 0.416 e. The number of hydrogen-bond acceptors (Lipinski definition) is 4. The van der Waals surface area contributed by atoms with Crippen LogP contribution in [0.1, 0.15) is 45.9 Å². The Bertz CT molecular complexity index is 940. The first-order chi connectivity index (χ1) is 14.7. The van der Waals surface area contributed by atoms with Crippen molar-refractivity contribution < 1.29 is 22.8 Å². The molecule has 0 radical (unpaired) electrons. The van der Waals surface area contributed by atoms with Gasteiger partial charge in [0.25, 0.3) is 5.91 Å². The number of alkyl halides is 3. The van der Waals surface area contributed by atoms with Gasteiger partial charge in [0, 0.05) is 19.6 Å². The molecular weight excluding hydrogens is 445 g/mol. The molecule has 2 atom stereocenters. The van der Waals surface area contributed by atoms with Crippen LogP contribution in [0, 0.1) is 5.92 Å². The summed E-state index contributed by atoms with van der Waals surface area (Å²) in [5.41, 5.74) is -0.194. The summed E-state index contributed by atoms with van der Waals surface area (Å²) in [6, 6.07) is 8.94. The van der Waals surface area contributed by atoms with Gasteiger partial charge in [-0.3, -0.25) is 9.59 Å². The highest BCUT2D eigenvalue weighted by atomic mass is 32.2. The van der Waals surface area contributed by atoms with Gasteiger partial charge in [-0.2, -0.15) is 13.2 Å². The highest BCUT2D eigenvalue weighted by Crippen LogP contribution is 2.45. The van der Waals surface area contributed by atoms with Crippen molar-refractivity contribution in [2.45, 2.75) is 36.6 Å². The minimum Gasteiger partial charge on any atom is -0.338 e. The Hall–Kier alpha value is -2.00. The molecule has 2 aromatic rings. The molecule has 4 rings (SSSR count). The summed E-state index contributed by atoms with van der Waals surface area (Å²) in [6.45, 7) is 3.55. The van der Waals surface area contributed by atoms with E-state index < -0.39 is 17.1 Å². The molecule has 3 heterocycles. The number of hydrogen-bond donors (Lipinski definition) is 0. The average molecular weight is 469 g/mol. The molecule has 2 fully saturated rings. The first-order valence-electron chi connectivity index (χ1n) is 10.2. The zero-order chi connectivity index (χ0) is 22.2. The molecule has 2 unspecified atom stereocenters. The number of nitrogens with zero attached hydrogens (tertiary/aromatic N) is 2. The number of thiophene rings is 1. The molecule has 166 valence electrons. The SMILES string of the molecule is CC1SC(c2cccc(C(F)(F)F)c2)N(CC2CCN(C(=O)c3cccs3)CC2)C1=O. The molecular formula is C22H23F3N2O2S2. The van der Waals surface area contributed by atoms with E-state index in [4.69, 9.17) is 0 Å². The third-order valence-corrected chi connectivity index (χ3v) is 8.09. The molecule has 2 amide bonds. The van der Waals surface area contributed by atoms with Crippen LogP contribution >= 0.6 is 23.1 Å². The van der Waals surface area contributed by atoms with Crippen LogP contribution in [0.3, 0.4) is 0 Å².